The van der Waals surface area contributed by atoms with E-state index >= 15 is 0 Å². The van der Waals surface area contributed by atoms with Crippen molar-refractivity contribution < 1.29 is 13.2 Å². The lowest BCUT2D eigenvalue weighted by Gasteiger charge is -2.35. The molecule has 0 amide bonds. The van der Waals surface area contributed by atoms with Crippen LogP contribution in [-0.2, 0) is 0 Å². The lowest BCUT2D eigenvalue weighted by atomic mass is 10.3. The van der Waals surface area contributed by atoms with Gasteiger partial charge in [-0.2, -0.15) is 13.1 Å². The van der Waals surface area contributed by atoms with E-state index in [4.69, 9.17) is 0 Å². The van der Waals surface area contributed by atoms with Crippen LogP contribution in [0.3, 0.4) is 0 Å². The van der Waals surface area contributed by atoms with Gasteiger partial charge in [-0.3, -0.25) is 0 Å². The molecule has 1 atom stereocenters. The number of hydrogen-bond acceptors (Lipinski definition) is 3. The van der Waals surface area contributed by atoms with Crippen LogP contribution in [0.15, 0.2) is 0 Å². The van der Waals surface area contributed by atoms with Gasteiger partial charge in [-0.25, -0.2) is 9.11 Å². The Labute approximate surface area is 67.4 Å². The molecule has 1 N–H and O–H groups in total. The predicted octanol–water partition coefficient (Wildman–Crippen LogP) is 1.41. The fourth-order valence-corrected chi connectivity index (χ4v) is 1.55. The number of nitrogens with zero attached hydrogens (tertiary/aromatic N) is 1. The Hall–Kier alpha value is 0.0600. The molecule has 1 fully saturated rings. The van der Waals surface area contributed by atoms with Gasteiger partial charge < -0.3 is 0 Å². The minimum absolute atomic E-state index is 0.116. The van der Waals surface area contributed by atoms with E-state index in [0.717, 1.165) is 12.1 Å². The summed E-state index contributed by atoms with van der Waals surface area (Å²) in [4.78, 5) is 0. The number of hydrogen-bond donors (Lipinski definition) is 1. The van der Waals surface area contributed by atoms with Crippen LogP contribution in [-0.4, -0.2) is 29.6 Å². The van der Waals surface area contributed by atoms with Crippen LogP contribution >= 0.6 is 12.1 Å². The van der Waals surface area contributed by atoms with Crippen LogP contribution in [0.1, 0.15) is 6.92 Å². The van der Waals surface area contributed by atoms with Gasteiger partial charge >= 0.3 is 6.05 Å². The quantitative estimate of drug-likeness (QED) is 0.492. The molecule has 1 unspecified atom stereocenters. The maximum Gasteiger partial charge on any atom is 0.346 e. The van der Waals surface area contributed by atoms with Crippen molar-refractivity contribution in [2.24, 2.45) is 0 Å². The first kappa shape index (κ1) is 9.15. The largest absolute Gasteiger partial charge is 0.346 e. The minimum Gasteiger partial charge on any atom is -0.247 e. The maximum atomic E-state index is 12.8. The first-order valence-corrected chi connectivity index (χ1v) is 4.05. The van der Waals surface area contributed by atoms with E-state index in [1.807, 2.05) is 0 Å². The molecule has 1 heterocycles. The molecular weight excluding hydrogens is 177 g/mol. The topological polar surface area (TPSA) is 15.3 Å². The third-order valence-corrected chi connectivity index (χ3v) is 2.45. The number of rotatable bonds is 1. The van der Waals surface area contributed by atoms with E-state index in [1.54, 1.807) is 6.92 Å². The van der Waals surface area contributed by atoms with Crippen LogP contribution in [0.4, 0.5) is 13.2 Å². The molecule has 6 heteroatoms. The van der Waals surface area contributed by atoms with Gasteiger partial charge in [0.05, 0.1) is 0 Å². The zero-order valence-corrected chi connectivity index (χ0v) is 6.80. The van der Waals surface area contributed by atoms with Gasteiger partial charge in [0.25, 0.3) is 0 Å². The molecule has 0 aromatic rings. The Balaban J connectivity index is 2.64. The summed E-state index contributed by atoms with van der Waals surface area (Å²) in [6.45, 7) is 1.37. The van der Waals surface area contributed by atoms with Gasteiger partial charge in [0.1, 0.15) is 0 Å². The Kier molecular flexibility index (Phi) is 2.66. The van der Waals surface area contributed by atoms with Crippen molar-refractivity contribution in [2.75, 3.05) is 13.1 Å². The summed E-state index contributed by atoms with van der Waals surface area (Å²) >= 11 is 0.767. The molecule has 0 aromatic carbocycles. The molecule has 2 nitrogen and oxygen atoms in total. The van der Waals surface area contributed by atoms with Crippen LogP contribution in [0.5, 0.6) is 0 Å². The van der Waals surface area contributed by atoms with Crippen LogP contribution in [0, 0.1) is 0 Å². The second-order valence-electron chi connectivity index (χ2n) is 2.19. The van der Waals surface area contributed by atoms with E-state index in [-0.39, 0.29) is 13.1 Å². The Morgan fingerprint density at radius 2 is 2.36 bits per heavy atom. The summed E-state index contributed by atoms with van der Waals surface area (Å²) in [7, 11) is 0. The smallest absolute Gasteiger partial charge is 0.247 e. The molecule has 1 rings (SSSR count). The van der Waals surface area contributed by atoms with Crippen LogP contribution in [0.25, 0.3) is 0 Å². The van der Waals surface area contributed by atoms with E-state index in [0.29, 0.717) is 4.31 Å². The van der Waals surface area contributed by atoms with Crippen molar-refractivity contribution >= 4 is 12.1 Å². The van der Waals surface area contributed by atoms with Crippen molar-refractivity contribution in [2.45, 2.75) is 19.1 Å². The Bertz CT molecular complexity index is 144. The highest BCUT2D eigenvalue weighted by Gasteiger charge is 2.48. The summed E-state index contributed by atoms with van der Waals surface area (Å²) in [6.07, 6.45) is -2.11. The molecule has 11 heavy (non-hydrogen) atoms. The van der Waals surface area contributed by atoms with Gasteiger partial charge in [0.15, 0.2) is 6.17 Å². The van der Waals surface area contributed by atoms with Gasteiger partial charge in [-0.15, -0.1) is 0 Å². The number of halogens is 3. The Morgan fingerprint density at radius 1 is 1.73 bits per heavy atom. The summed E-state index contributed by atoms with van der Waals surface area (Å²) in [6, 6.07) is -3.33. The van der Waals surface area contributed by atoms with Crippen molar-refractivity contribution in [1.82, 2.24) is 9.03 Å². The monoisotopic (exact) mass is 186 g/mol. The molecule has 0 bridgehead atoms. The normalized spacial score (nSPS) is 32.2. The zero-order chi connectivity index (χ0) is 8.48. The lowest BCUT2D eigenvalue weighted by Crippen LogP contribution is -2.53. The maximum absolute atomic E-state index is 12.8. The first-order valence-electron chi connectivity index (χ1n) is 3.28. The Morgan fingerprint density at radius 3 is 2.82 bits per heavy atom. The standard InChI is InChI=1S/C5H9F3N2S/c1-2-10-5(7,8)4(6)3-9-11-10/h4,9H,2-3H2,1H3. The van der Waals surface area contributed by atoms with Crippen LogP contribution < -0.4 is 4.72 Å². The molecule has 1 aliphatic heterocycles. The van der Waals surface area contributed by atoms with E-state index in [9.17, 15) is 13.2 Å². The van der Waals surface area contributed by atoms with Gasteiger partial charge in [0, 0.05) is 25.2 Å². The molecule has 66 valence electrons. The highest BCUT2D eigenvalue weighted by atomic mass is 32.2. The van der Waals surface area contributed by atoms with Crippen LogP contribution in [0.2, 0.25) is 0 Å². The number of nitrogens with one attached hydrogen (secondary N) is 1. The lowest BCUT2D eigenvalue weighted by molar-refractivity contribution is -0.152. The van der Waals surface area contributed by atoms with Gasteiger partial charge in [-0.1, -0.05) is 6.92 Å². The fourth-order valence-electron chi connectivity index (χ4n) is 0.804. The SMILES string of the molecule is CCN1SNCC(F)C1(F)F. The molecular formula is C5H9F3N2S. The molecule has 1 aliphatic rings. The second kappa shape index (κ2) is 3.20. The molecule has 0 radical (unpaired) electrons. The van der Waals surface area contributed by atoms with E-state index in [1.165, 1.54) is 0 Å². The van der Waals surface area contributed by atoms with Gasteiger partial charge in [0.2, 0.25) is 0 Å². The minimum atomic E-state index is -3.33. The van der Waals surface area contributed by atoms with Crippen molar-refractivity contribution in [1.29, 1.82) is 0 Å². The van der Waals surface area contributed by atoms with Gasteiger partial charge in [-0.05, 0) is 0 Å². The highest BCUT2D eigenvalue weighted by molar-refractivity contribution is 7.95. The predicted molar refractivity (Wildman–Crippen MR) is 37.8 cm³/mol. The summed E-state index contributed by atoms with van der Waals surface area (Å²) < 4.78 is 41.2. The summed E-state index contributed by atoms with van der Waals surface area (Å²) in [5.41, 5.74) is 0. The molecule has 1 saturated heterocycles. The number of alkyl halides is 3. The van der Waals surface area contributed by atoms with Crippen molar-refractivity contribution in [3.8, 4) is 0 Å². The average Bonchev–Trinajstić information content (AvgIpc) is 1.95. The zero-order valence-electron chi connectivity index (χ0n) is 5.98. The summed E-state index contributed by atoms with van der Waals surface area (Å²) in [5, 5.41) is 0. The third-order valence-electron chi connectivity index (χ3n) is 1.43. The average molecular weight is 186 g/mol. The van der Waals surface area contributed by atoms with E-state index < -0.39 is 12.2 Å². The molecule has 0 aliphatic carbocycles. The molecule has 0 spiro atoms. The van der Waals surface area contributed by atoms with Crippen molar-refractivity contribution in [3.05, 3.63) is 0 Å². The molecule has 0 saturated carbocycles. The summed E-state index contributed by atoms with van der Waals surface area (Å²) in [5.74, 6) is 0. The second-order valence-corrected chi connectivity index (χ2v) is 3.10. The first-order chi connectivity index (χ1) is 5.09. The van der Waals surface area contributed by atoms with Crippen molar-refractivity contribution in [3.63, 3.8) is 0 Å². The van der Waals surface area contributed by atoms with E-state index in [2.05, 4.69) is 4.72 Å². The highest BCUT2D eigenvalue weighted by Crippen LogP contribution is 2.33. The fraction of sp³-hybridized carbons (Fsp3) is 1.00. The third kappa shape index (κ3) is 1.62. The molecule has 0 aromatic heterocycles.